The molecule has 0 unspecified atom stereocenters. The zero-order valence-electron chi connectivity index (χ0n) is 11.7. The number of ether oxygens (including phenoxy) is 2. The quantitative estimate of drug-likeness (QED) is 0.666. The van der Waals surface area contributed by atoms with Crippen molar-refractivity contribution in [2.24, 2.45) is 5.10 Å². The zero-order valence-corrected chi connectivity index (χ0v) is 11.7. The summed E-state index contributed by atoms with van der Waals surface area (Å²) in [5.74, 6) is 1.30. The van der Waals surface area contributed by atoms with Gasteiger partial charge in [0.05, 0.1) is 12.6 Å². The van der Waals surface area contributed by atoms with Crippen molar-refractivity contribution in [3.63, 3.8) is 0 Å². The average molecular weight is 298 g/mol. The summed E-state index contributed by atoms with van der Waals surface area (Å²) in [4.78, 5) is 11.8. The maximum absolute atomic E-state index is 11.8. The van der Waals surface area contributed by atoms with Crippen LogP contribution < -0.4 is 14.9 Å². The molecule has 1 heterocycles. The largest absolute Gasteiger partial charge is 0.508 e. The maximum Gasteiger partial charge on any atom is 0.244 e. The molecule has 2 aromatic carbocycles. The molecule has 0 aromatic heterocycles. The Hall–Kier alpha value is -3.02. The lowest BCUT2D eigenvalue weighted by atomic mass is 10.1. The second-order valence-corrected chi connectivity index (χ2v) is 4.75. The second-order valence-electron chi connectivity index (χ2n) is 4.75. The van der Waals surface area contributed by atoms with Gasteiger partial charge in [0, 0.05) is 0 Å². The summed E-state index contributed by atoms with van der Waals surface area (Å²) in [5, 5.41) is 13.0. The highest BCUT2D eigenvalue weighted by Gasteiger charge is 2.14. The monoisotopic (exact) mass is 298 g/mol. The Bertz CT molecular complexity index is 711. The topological polar surface area (TPSA) is 80.2 Å². The van der Waals surface area contributed by atoms with E-state index < -0.39 is 0 Å². The minimum atomic E-state index is -0.228. The van der Waals surface area contributed by atoms with Gasteiger partial charge in [0.15, 0.2) is 11.5 Å². The molecule has 0 radical (unpaired) electrons. The van der Waals surface area contributed by atoms with Crippen LogP contribution in [0.4, 0.5) is 0 Å². The molecule has 0 bridgehead atoms. The van der Waals surface area contributed by atoms with Crippen molar-refractivity contribution in [2.75, 3.05) is 6.79 Å². The molecule has 22 heavy (non-hydrogen) atoms. The van der Waals surface area contributed by atoms with Crippen molar-refractivity contribution in [3.05, 3.63) is 53.6 Å². The Morgan fingerprint density at radius 1 is 1.18 bits per heavy atom. The normalized spacial score (nSPS) is 12.5. The van der Waals surface area contributed by atoms with Crippen LogP contribution in [0.5, 0.6) is 17.2 Å². The van der Waals surface area contributed by atoms with Crippen molar-refractivity contribution in [2.45, 2.75) is 6.42 Å². The SMILES string of the molecule is O=C(Cc1ccc2c(c1)OCO2)N/N=C\c1ccc(O)cc1. The Morgan fingerprint density at radius 2 is 1.95 bits per heavy atom. The zero-order chi connectivity index (χ0) is 15.4. The minimum absolute atomic E-state index is 0.184. The van der Waals surface area contributed by atoms with Gasteiger partial charge >= 0.3 is 0 Å². The molecule has 6 nitrogen and oxygen atoms in total. The number of fused-ring (bicyclic) bond motifs is 1. The molecule has 0 saturated carbocycles. The number of hydrogen-bond donors (Lipinski definition) is 2. The van der Waals surface area contributed by atoms with E-state index in [-0.39, 0.29) is 24.9 Å². The van der Waals surface area contributed by atoms with Gasteiger partial charge in [-0.1, -0.05) is 6.07 Å². The second kappa shape index (κ2) is 6.17. The summed E-state index contributed by atoms with van der Waals surface area (Å²) < 4.78 is 10.5. The van der Waals surface area contributed by atoms with Gasteiger partial charge in [-0.05, 0) is 47.5 Å². The number of hydrogen-bond acceptors (Lipinski definition) is 5. The van der Waals surface area contributed by atoms with E-state index in [9.17, 15) is 4.79 Å². The smallest absolute Gasteiger partial charge is 0.244 e. The Kier molecular flexibility index (Phi) is 3.91. The van der Waals surface area contributed by atoms with Crippen molar-refractivity contribution in [3.8, 4) is 17.2 Å². The molecular formula is C16H14N2O4. The highest BCUT2D eigenvalue weighted by Crippen LogP contribution is 2.32. The number of nitrogens with one attached hydrogen (secondary N) is 1. The lowest BCUT2D eigenvalue weighted by molar-refractivity contribution is -0.120. The summed E-state index contributed by atoms with van der Waals surface area (Å²) in [6, 6.07) is 11.9. The van der Waals surface area contributed by atoms with Gasteiger partial charge in [-0.25, -0.2) is 5.43 Å². The number of phenolic OH excluding ortho intramolecular Hbond substituents is 1. The fourth-order valence-corrected chi connectivity index (χ4v) is 2.02. The third kappa shape index (κ3) is 3.35. The molecule has 1 aliphatic heterocycles. The van der Waals surface area contributed by atoms with Crippen LogP contribution in [0.1, 0.15) is 11.1 Å². The first-order chi connectivity index (χ1) is 10.7. The van der Waals surface area contributed by atoms with Crippen molar-refractivity contribution in [1.29, 1.82) is 0 Å². The van der Waals surface area contributed by atoms with Gasteiger partial charge in [0.2, 0.25) is 12.7 Å². The van der Waals surface area contributed by atoms with E-state index in [0.29, 0.717) is 11.5 Å². The number of phenols is 1. The van der Waals surface area contributed by atoms with E-state index in [1.807, 2.05) is 6.07 Å². The van der Waals surface area contributed by atoms with Crippen LogP contribution >= 0.6 is 0 Å². The molecule has 0 spiro atoms. The maximum atomic E-state index is 11.8. The van der Waals surface area contributed by atoms with E-state index in [0.717, 1.165) is 11.1 Å². The molecule has 2 N–H and O–H groups in total. The number of benzene rings is 2. The van der Waals surface area contributed by atoms with Gasteiger partial charge in [-0.2, -0.15) is 5.10 Å². The number of amides is 1. The van der Waals surface area contributed by atoms with Crippen molar-refractivity contribution in [1.82, 2.24) is 5.43 Å². The van der Waals surface area contributed by atoms with E-state index in [4.69, 9.17) is 14.6 Å². The summed E-state index contributed by atoms with van der Waals surface area (Å²) in [6.07, 6.45) is 1.71. The van der Waals surface area contributed by atoms with Gasteiger partial charge in [0.25, 0.3) is 0 Å². The van der Waals surface area contributed by atoms with E-state index in [1.165, 1.54) is 6.21 Å². The van der Waals surface area contributed by atoms with Crippen LogP contribution in [-0.2, 0) is 11.2 Å². The summed E-state index contributed by atoms with van der Waals surface area (Å²) in [5.41, 5.74) is 4.06. The number of rotatable bonds is 4. The summed E-state index contributed by atoms with van der Waals surface area (Å²) in [7, 11) is 0. The third-order valence-electron chi connectivity index (χ3n) is 3.10. The van der Waals surface area contributed by atoms with Gasteiger partial charge < -0.3 is 14.6 Å². The van der Waals surface area contributed by atoms with Crippen molar-refractivity contribution < 1.29 is 19.4 Å². The molecule has 6 heteroatoms. The van der Waals surface area contributed by atoms with E-state index in [1.54, 1.807) is 36.4 Å². The summed E-state index contributed by atoms with van der Waals surface area (Å²) in [6.45, 7) is 0.210. The number of hydrazone groups is 1. The molecule has 0 atom stereocenters. The molecule has 3 rings (SSSR count). The molecule has 0 aliphatic carbocycles. The van der Waals surface area contributed by atoms with Crippen LogP contribution in [0.3, 0.4) is 0 Å². The first kappa shape index (κ1) is 13.9. The van der Waals surface area contributed by atoms with Gasteiger partial charge in [-0.3, -0.25) is 4.79 Å². The standard InChI is InChI=1S/C16H14N2O4/c19-13-4-1-11(2-5-13)9-17-18-16(20)8-12-3-6-14-15(7-12)22-10-21-14/h1-7,9,19H,8,10H2,(H,18,20)/b17-9-. The van der Waals surface area contributed by atoms with E-state index >= 15 is 0 Å². The number of aromatic hydroxyl groups is 1. The predicted octanol–water partition coefficient (Wildman–Crippen LogP) is 1.81. The minimum Gasteiger partial charge on any atom is -0.508 e. The average Bonchev–Trinajstić information content (AvgIpc) is 2.97. The van der Waals surface area contributed by atoms with Crippen LogP contribution in [0.2, 0.25) is 0 Å². The van der Waals surface area contributed by atoms with E-state index in [2.05, 4.69) is 10.5 Å². The molecule has 1 aliphatic rings. The lowest BCUT2D eigenvalue weighted by Crippen LogP contribution is -2.19. The molecular weight excluding hydrogens is 284 g/mol. The number of carbonyl (C=O) groups is 1. The first-order valence-corrected chi connectivity index (χ1v) is 6.70. The highest BCUT2D eigenvalue weighted by atomic mass is 16.7. The van der Waals surface area contributed by atoms with Crippen LogP contribution in [-0.4, -0.2) is 24.0 Å². The fraction of sp³-hybridized carbons (Fsp3) is 0.125. The Balaban J connectivity index is 1.55. The van der Waals surface area contributed by atoms with Crippen LogP contribution in [0.15, 0.2) is 47.6 Å². The number of nitrogens with zero attached hydrogens (tertiary/aromatic N) is 1. The van der Waals surface area contributed by atoms with Gasteiger partial charge in [0.1, 0.15) is 5.75 Å². The lowest BCUT2D eigenvalue weighted by Gasteiger charge is -2.02. The van der Waals surface area contributed by atoms with Gasteiger partial charge in [-0.15, -0.1) is 0 Å². The molecule has 0 fully saturated rings. The summed E-state index contributed by atoms with van der Waals surface area (Å²) >= 11 is 0. The molecule has 0 saturated heterocycles. The third-order valence-corrected chi connectivity index (χ3v) is 3.10. The predicted molar refractivity (Wildman–Crippen MR) is 80.1 cm³/mol. The molecule has 112 valence electrons. The fourth-order valence-electron chi connectivity index (χ4n) is 2.02. The van der Waals surface area contributed by atoms with Crippen molar-refractivity contribution >= 4 is 12.1 Å². The molecule has 1 amide bonds. The van der Waals surface area contributed by atoms with Crippen LogP contribution in [0, 0.1) is 0 Å². The first-order valence-electron chi connectivity index (χ1n) is 6.70. The highest BCUT2D eigenvalue weighted by molar-refractivity contribution is 5.83. The van der Waals surface area contributed by atoms with Crippen LogP contribution in [0.25, 0.3) is 0 Å². The molecule has 2 aromatic rings. The number of carbonyl (C=O) groups excluding carboxylic acids is 1. The Morgan fingerprint density at radius 3 is 2.77 bits per heavy atom. The Labute approximate surface area is 127 Å².